The molecule has 0 aliphatic heterocycles. The van der Waals surface area contributed by atoms with E-state index in [0.717, 1.165) is 5.56 Å². The van der Waals surface area contributed by atoms with Gasteiger partial charge < -0.3 is 10.1 Å². The number of sulfonamides is 1. The van der Waals surface area contributed by atoms with Crippen LogP contribution < -0.4 is 14.8 Å². The molecule has 0 radical (unpaired) electrons. The quantitative estimate of drug-likeness (QED) is 0.775. The van der Waals surface area contributed by atoms with E-state index < -0.39 is 22.0 Å². The molecule has 0 aliphatic carbocycles. The number of methoxy groups -OCH3 is 1. The SMILES string of the molecule is COc1ccc(S(=O)(=O)N[C@@H](C)C(=O)NCc2ccncc2)cc1C. The van der Waals surface area contributed by atoms with Crippen LogP contribution in [0.1, 0.15) is 18.1 Å². The van der Waals surface area contributed by atoms with Gasteiger partial charge in [0.15, 0.2) is 0 Å². The zero-order valence-electron chi connectivity index (χ0n) is 14.3. The van der Waals surface area contributed by atoms with Crippen LogP contribution in [0, 0.1) is 6.92 Å². The second kappa shape index (κ2) is 8.09. The summed E-state index contributed by atoms with van der Waals surface area (Å²) in [4.78, 5) is 16.1. The molecular weight excluding hydrogens is 342 g/mol. The number of nitrogens with one attached hydrogen (secondary N) is 2. The summed E-state index contributed by atoms with van der Waals surface area (Å²) >= 11 is 0. The van der Waals surface area contributed by atoms with Gasteiger partial charge in [0, 0.05) is 18.9 Å². The van der Waals surface area contributed by atoms with Crippen molar-refractivity contribution in [2.24, 2.45) is 0 Å². The fraction of sp³-hybridized carbons (Fsp3) is 0.294. The predicted molar refractivity (Wildman–Crippen MR) is 93.6 cm³/mol. The molecule has 7 nitrogen and oxygen atoms in total. The van der Waals surface area contributed by atoms with Crippen LogP contribution in [0.25, 0.3) is 0 Å². The van der Waals surface area contributed by atoms with Crippen LogP contribution in [-0.2, 0) is 21.4 Å². The Hall–Kier alpha value is -2.45. The van der Waals surface area contributed by atoms with Gasteiger partial charge in [0.2, 0.25) is 15.9 Å². The zero-order chi connectivity index (χ0) is 18.4. The molecule has 0 saturated carbocycles. The molecule has 0 fully saturated rings. The summed E-state index contributed by atoms with van der Waals surface area (Å²) in [7, 11) is -2.29. The Morgan fingerprint density at radius 3 is 2.52 bits per heavy atom. The van der Waals surface area contributed by atoms with Crippen LogP contribution in [0.3, 0.4) is 0 Å². The highest BCUT2D eigenvalue weighted by molar-refractivity contribution is 7.89. The summed E-state index contributed by atoms with van der Waals surface area (Å²) in [6.45, 7) is 3.55. The third kappa shape index (κ3) is 5.01. The zero-order valence-corrected chi connectivity index (χ0v) is 15.1. The number of hydrogen-bond donors (Lipinski definition) is 2. The minimum Gasteiger partial charge on any atom is -0.496 e. The first-order valence-corrected chi connectivity index (χ1v) is 9.15. The summed E-state index contributed by atoms with van der Waals surface area (Å²) in [5.74, 6) is 0.188. The molecule has 1 aromatic heterocycles. The van der Waals surface area contributed by atoms with Crippen molar-refractivity contribution >= 4 is 15.9 Å². The molecule has 0 aliphatic rings. The molecule has 2 N–H and O–H groups in total. The summed E-state index contributed by atoms with van der Waals surface area (Å²) < 4.78 is 32.4. The average Bonchev–Trinajstić information content (AvgIpc) is 2.60. The van der Waals surface area contributed by atoms with Crippen molar-refractivity contribution in [3.8, 4) is 5.75 Å². The number of pyridine rings is 1. The van der Waals surface area contributed by atoms with E-state index in [4.69, 9.17) is 4.74 Å². The lowest BCUT2D eigenvalue weighted by molar-refractivity contribution is -0.122. The standard InChI is InChI=1S/C17H21N3O4S/c1-12-10-15(4-5-16(12)24-3)25(22,23)20-13(2)17(21)19-11-14-6-8-18-9-7-14/h4-10,13,20H,11H2,1-3H3,(H,19,21)/t13-/m0/s1. The number of rotatable bonds is 7. The van der Waals surface area contributed by atoms with Crippen LogP contribution in [0.15, 0.2) is 47.6 Å². The normalized spacial score (nSPS) is 12.4. The molecule has 134 valence electrons. The summed E-state index contributed by atoms with van der Waals surface area (Å²) in [5.41, 5.74) is 1.57. The second-order valence-corrected chi connectivity index (χ2v) is 7.26. The van der Waals surface area contributed by atoms with Crippen LogP contribution in [0.5, 0.6) is 5.75 Å². The van der Waals surface area contributed by atoms with Crippen LogP contribution in [0.4, 0.5) is 0 Å². The molecule has 0 bridgehead atoms. The Kier molecular flexibility index (Phi) is 6.11. The largest absolute Gasteiger partial charge is 0.496 e. The maximum atomic E-state index is 12.4. The highest BCUT2D eigenvalue weighted by atomic mass is 32.2. The van der Waals surface area contributed by atoms with Gasteiger partial charge >= 0.3 is 0 Å². The molecule has 2 aromatic rings. The first-order valence-electron chi connectivity index (χ1n) is 7.67. The van der Waals surface area contributed by atoms with Gasteiger partial charge in [0.25, 0.3) is 0 Å². The third-order valence-corrected chi connectivity index (χ3v) is 5.16. The highest BCUT2D eigenvalue weighted by Gasteiger charge is 2.22. The molecule has 8 heteroatoms. The number of benzene rings is 1. The lowest BCUT2D eigenvalue weighted by Crippen LogP contribution is -2.44. The van der Waals surface area contributed by atoms with Crippen molar-refractivity contribution in [2.45, 2.75) is 31.3 Å². The van der Waals surface area contributed by atoms with Crippen molar-refractivity contribution in [1.82, 2.24) is 15.0 Å². The number of hydrogen-bond acceptors (Lipinski definition) is 5. The minimum atomic E-state index is -3.81. The molecule has 25 heavy (non-hydrogen) atoms. The van der Waals surface area contributed by atoms with Crippen LogP contribution in [0.2, 0.25) is 0 Å². The number of nitrogens with zero attached hydrogens (tertiary/aromatic N) is 1. The second-order valence-electron chi connectivity index (χ2n) is 5.55. The molecule has 1 heterocycles. The van der Waals surface area contributed by atoms with E-state index in [2.05, 4.69) is 15.0 Å². The number of aryl methyl sites for hydroxylation is 1. The molecule has 1 aromatic carbocycles. The predicted octanol–water partition coefficient (Wildman–Crippen LogP) is 1.38. The van der Waals surface area contributed by atoms with Gasteiger partial charge in [0.05, 0.1) is 18.0 Å². The van der Waals surface area contributed by atoms with Crippen LogP contribution >= 0.6 is 0 Å². The van der Waals surface area contributed by atoms with Gasteiger partial charge in [-0.25, -0.2) is 8.42 Å². The van der Waals surface area contributed by atoms with E-state index in [1.165, 1.54) is 26.2 Å². The van der Waals surface area contributed by atoms with Crippen molar-refractivity contribution in [3.63, 3.8) is 0 Å². The number of carbonyl (C=O) groups is 1. The Labute approximate surface area is 147 Å². The number of amides is 1. The minimum absolute atomic E-state index is 0.0829. The molecule has 1 amide bonds. The van der Waals surface area contributed by atoms with E-state index in [0.29, 0.717) is 17.9 Å². The maximum absolute atomic E-state index is 12.4. The highest BCUT2D eigenvalue weighted by Crippen LogP contribution is 2.21. The number of aromatic nitrogens is 1. The van der Waals surface area contributed by atoms with E-state index in [1.807, 2.05) is 0 Å². The third-order valence-electron chi connectivity index (χ3n) is 3.62. The van der Waals surface area contributed by atoms with Crippen molar-refractivity contribution in [3.05, 3.63) is 53.9 Å². The van der Waals surface area contributed by atoms with Gasteiger partial charge in [-0.15, -0.1) is 0 Å². The summed E-state index contributed by atoms with van der Waals surface area (Å²) in [5, 5.41) is 2.69. The Morgan fingerprint density at radius 1 is 1.24 bits per heavy atom. The first-order chi connectivity index (χ1) is 11.8. The Morgan fingerprint density at radius 2 is 1.92 bits per heavy atom. The Bertz CT molecular complexity index is 838. The van der Waals surface area contributed by atoms with Crippen molar-refractivity contribution < 1.29 is 17.9 Å². The van der Waals surface area contributed by atoms with Gasteiger partial charge in [-0.3, -0.25) is 9.78 Å². The molecule has 0 spiro atoms. The first kappa shape index (κ1) is 18.9. The van der Waals surface area contributed by atoms with Gasteiger partial charge in [-0.1, -0.05) is 0 Å². The molecule has 0 saturated heterocycles. The van der Waals surface area contributed by atoms with E-state index >= 15 is 0 Å². The van der Waals surface area contributed by atoms with Gasteiger partial charge in [0.1, 0.15) is 5.75 Å². The fourth-order valence-electron chi connectivity index (χ4n) is 2.22. The lowest BCUT2D eigenvalue weighted by Gasteiger charge is -2.15. The van der Waals surface area contributed by atoms with E-state index in [-0.39, 0.29) is 4.90 Å². The topological polar surface area (TPSA) is 97.4 Å². The Balaban J connectivity index is 2.01. The summed E-state index contributed by atoms with van der Waals surface area (Å²) in [6.07, 6.45) is 3.25. The molecular formula is C17H21N3O4S. The van der Waals surface area contributed by atoms with Crippen molar-refractivity contribution in [1.29, 1.82) is 0 Å². The van der Waals surface area contributed by atoms with Gasteiger partial charge in [-0.2, -0.15) is 4.72 Å². The van der Waals surface area contributed by atoms with Gasteiger partial charge in [-0.05, 0) is 55.3 Å². The summed E-state index contributed by atoms with van der Waals surface area (Å²) in [6, 6.07) is 7.16. The average molecular weight is 363 g/mol. The monoisotopic (exact) mass is 363 g/mol. The van der Waals surface area contributed by atoms with E-state index in [1.54, 1.807) is 37.5 Å². The molecule has 2 rings (SSSR count). The van der Waals surface area contributed by atoms with Crippen LogP contribution in [-0.4, -0.2) is 32.5 Å². The van der Waals surface area contributed by atoms with Crippen molar-refractivity contribution in [2.75, 3.05) is 7.11 Å². The number of carbonyl (C=O) groups excluding carboxylic acids is 1. The lowest BCUT2D eigenvalue weighted by atomic mass is 10.2. The number of ether oxygens (including phenoxy) is 1. The maximum Gasteiger partial charge on any atom is 0.241 e. The smallest absolute Gasteiger partial charge is 0.241 e. The molecule has 0 unspecified atom stereocenters. The fourth-order valence-corrected chi connectivity index (χ4v) is 3.50. The van der Waals surface area contributed by atoms with E-state index in [9.17, 15) is 13.2 Å². The molecule has 1 atom stereocenters.